The second kappa shape index (κ2) is 10.0. The number of rotatable bonds is 6. The third-order valence-electron chi connectivity index (χ3n) is 4.62. The number of carbonyl (C=O) groups excluding carboxylic acids is 1. The van der Waals surface area contributed by atoms with Gasteiger partial charge in [-0.05, 0) is 29.8 Å². The Morgan fingerprint density at radius 1 is 0.938 bits per heavy atom. The summed E-state index contributed by atoms with van der Waals surface area (Å²) in [5, 5.41) is 0. The molecule has 1 heterocycles. The van der Waals surface area contributed by atoms with Gasteiger partial charge in [-0.25, -0.2) is 17.4 Å². The van der Waals surface area contributed by atoms with E-state index < -0.39 is 32.5 Å². The van der Waals surface area contributed by atoms with E-state index in [9.17, 15) is 21.6 Å². The molecule has 0 atom stereocenters. The Morgan fingerprint density at radius 2 is 1.56 bits per heavy atom. The minimum absolute atomic E-state index is 0. The molecule has 1 N–H and O–H groups in total. The molecule has 11 heteroatoms. The van der Waals surface area contributed by atoms with Gasteiger partial charge >= 0.3 is 61.6 Å². The summed E-state index contributed by atoms with van der Waals surface area (Å²) in [5.74, 6) is -0.861. The van der Waals surface area contributed by atoms with Crippen LogP contribution in [0.25, 0.3) is 0 Å². The number of sulfone groups is 1. The molecule has 3 aromatic rings. The fraction of sp³-hybridized carbons (Fsp3) is 0.0952. The summed E-state index contributed by atoms with van der Waals surface area (Å²) in [4.78, 5) is 11.6. The van der Waals surface area contributed by atoms with Gasteiger partial charge in [0.1, 0.15) is 18.0 Å². The Kier molecular flexibility index (Phi) is 7.81. The van der Waals surface area contributed by atoms with E-state index in [2.05, 4.69) is 0 Å². The number of hydrogen-bond donors (Lipinski definition) is 1. The van der Waals surface area contributed by atoms with Gasteiger partial charge in [0.25, 0.3) is 5.91 Å². The van der Waals surface area contributed by atoms with Gasteiger partial charge in [-0.3, -0.25) is 4.79 Å². The predicted molar refractivity (Wildman–Crippen MR) is 115 cm³/mol. The van der Waals surface area contributed by atoms with Gasteiger partial charge in [-0.15, -0.1) is 0 Å². The van der Waals surface area contributed by atoms with E-state index in [0.29, 0.717) is 0 Å². The van der Waals surface area contributed by atoms with Crippen LogP contribution in [-0.2, 0) is 31.4 Å². The van der Waals surface area contributed by atoms with Crippen molar-refractivity contribution in [1.82, 2.24) is 4.72 Å². The monoisotopic (exact) mass is 498 g/mol. The SMILES string of the molecule is O=C1CN(c2cccc(S(=O)(=O)c3ccccc3)c2OCc2ccccc2)S(=O)(=O)N1.[H-].[K+]. The zero-order valence-electron chi connectivity index (χ0n) is 18.1. The minimum Gasteiger partial charge on any atom is -1.00 e. The average molecular weight is 499 g/mol. The quantitative estimate of drug-likeness (QED) is 0.455. The van der Waals surface area contributed by atoms with E-state index in [-0.39, 0.29) is 80.6 Å². The second-order valence-electron chi connectivity index (χ2n) is 6.73. The summed E-state index contributed by atoms with van der Waals surface area (Å²) in [5.41, 5.74) is 0.727. The number of nitrogens with zero attached hydrogens (tertiary/aromatic N) is 1. The third kappa shape index (κ3) is 5.09. The number of ether oxygens (including phenoxy) is 1. The van der Waals surface area contributed by atoms with Crippen molar-refractivity contribution in [2.75, 3.05) is 10.8 Å². The van der Waals surface area contributed by atoms with Crippen LogP contribution >= 0.6 is 0 Å². The first-order chi connectivity index (χ1) is 14.8. The normalized spacial score (nSPS) is 15.0. The standard InChI is InChI=1S/C21H18N2O6S2.K.H/c24-20-14-23(31(27,28)22-20)18-12-7-13-19(30(25,26)17-10-5-2-6-11-17)21(18)29-15-16-8-3-1-4-9-16;;/h1-13H,14-15H2,(H,22,24);;/q;+1;-1. The van der Waals surface area contributed by atoms with Crippen molar-refractivity contribution in [3.05, 3.63) is 84.4 Å². The fourth-order valence-electron chi connectivity index (χ4n) is 3.17. The summed E-state index contributed by atoms with van der Waals surface area (Å²) in [6, 6.07) is 21.0. The molecule has 4 rings (SSSR count). The molecule has 1 aliphatic heterocycles. The summed E-state index contributed by atoms with van der Waals surface area (Å²) in [6.07, 6.45) is 0. The topological polar surface area (TPSA) is 110 Å². The Morgan fingerprint density at radius 3 is 2.16 bits per heavy atom. The molecule has 0 aromatic heterocycles. The maximum atomic E-state index is 13.3. The van der Waals surface area contributed by atoms with Crippen molar-refractivity contribution in [3.8, 4) is 5.75 Å². The van der Waals surface area contributed by atoms with Crippen LogP contribution in [0.2, 0.25) is 0 Å². The third-order valence-corrected chi connectivity index (χ3v) is 7.80. The Hall–Kier alpha value is -1.73. The molecule has 0 radical (unpaired) electrons. The molecule has 0 spiro atoms. The van der Waals surface area contributed by atoms with Crippen molar-refractivity contribution in [3.63, 3.8) is 0 Å². The molecular formula is C21H19KN2O6S2. The average Bonchev–Trinajstić information content (AvgIpc) is 3.05. The molecule has 0 aliphatic carbocycles. The van der Waals surface area contributed by atoms with Crippen LogP contribution < -0.4 is 65.1 Å². The van der Waals surface area contributed by atoms with Crippen LogP contribution in [0.1, 0.15) is 6.99 Å². The van der Waals surface area contributed by atoms with Crippen LogP contribution in [0.15, 0.2) is 88.7 Å². The van der Waals surface area contributed by atoms with Crippen LogP contribution in [0, 0.1) is 0 Å². The van der Waals surface area contributed by atoms with Crippen molar-refractivity contribution in [1.29, 1.82) is 0 Å². The van der Waals surface area contributed by atoms with Gasteiger partial charge < -0.3 is 6.16 Å². The van der Waals surface area contributed by atoms with Gasteiger partial charge in [0.2, 0.25) is 9.84 Å². The zero-order valence-corrected chi connectivity index (χ0v) is 21.9. The van der Waals surface area contributed by atoms with Gasteiger partial charge in [0.15, 0.2) is 5.75 Å². The van der Waals surface area contributed by atoms with Crippen molar-refractivity contribution in [2.24, 2.45) is 0 Å². The van der Waals surface area contributed by atoms with E-state index >= 15 is 0 Å². The second-order valence-corrected chi connectivity index (χ2v) is 10.2. The van der Waals surface area contributed by atoms with E-state index in [1.165, 1.54) is 30.3 Å². The van der Waals surface area contributed by atoms with Crippen LogP contribution in [0.4, 0.5) is 5.69 Å². The largest absolute Gasteiger partial charge is 1.00 e. The first-order valence-electron chi connectivity index (χ1n) is 9.22. The first-order valence-corrected chi connectivity index (χ1v) is 12.1. The summed E-state index contributed by atoms with van der Waals surface area (Å²) < 4.78 is 60.1. The molecule has 1 fully saturated rings. The molecule has 0 unspecified atom stereocenters. The molecule has 1 amide bonds. The number of amides is 1. The van der Waals surface area contributed by atoms with Gasteiger partial charge in [0, 0.05) is 0 Å². The number of para-hydroxylation sites is 1. The zero-order chi connectivity index (χ0) is 22.1. The molecule has 1 aliphatic rings. The number of benzene rings is 3. The smallest absolute Gasteiger partial charge is 1.00 e. The Balaban J connectivity index is 0.00000193. The first kappa shape index (κ1) is 24.9. The number of hydrogen-bond acceptors (Lipinski definition) is 6. The Labute approximate surface area is 230 Å². The summed E-state index contributed by atoms with van der Waals surface area (Å²) in [6.45, 7) is -0.469. The van der Waals surface area contributed by atoms with Crippen LogP contribution in [0.3, 0.4) is 0 Å². The molecular weight excluding hydrogens is 479 g/mol. The van der Waals surface area contributed by atoms with E-state index in [0.717, 1.165) is 9.87 Å². The number of nitrogens with one attached hydrogen (secondary N) is 1. The van der Waals surface area contributed by atoms with Crippen LogP contribution in [0.5, 0.6) is 5.75 Å². The Bertz CT molecular complexity index is 1340. The van der Waals surface area contributed by atoms with Crippen molar-refractivity contribution in [2.45, 2.75) is 16.4 Å². The molecule has 1 saturated heterocycles. The van der Waals surface area contributed by atoms with Gasteiger partial charge in [-0.1, -0.05) is 54.6 Å². The number of anilines is 1. The predicted octanol–water partition coefficient (Wildman–Crippen LogP) is -0.604. The number of carbonyl (C=O) groups is 1. The molecule has 8 nitrogen and oxygen atoms in total. The molecule has 0 bridgehead atoms. The minimum atomic E-state index is -4.16. The van der Waals surface area contributed by atoms with E-state index in [1.54, 1.807) is 42.5 Å². The molecule has 162 valence electrons. The van der Waals surface area contributed by atoms with Gasteiger partial charge in [-0.2, -0.15) is 8.42 Å². The molecule has 0 saturated carbocycles. The van der Waals surface area contributed by atoms with Crippen LogP contribution in [-0.4, -0.2) is 29.3 Å². The molecule has 3 aromatic carbocycles. The van der Waals surface area contributed by atoms with Gasteiger partial charge in [0.05, 0.1) is 10.6 Å². The summed E-state index contributed by atoms with van der Waals surface area (Å²) >= 11 is 0. The van der Waals surface area contributed by atoms with E-state index in [1.807, 2.05) is 10.8 Å². The maximum Gasteiger partial charge on any atom is 1.00 e. The van der Waals surface area contributed by atoms with Crippen molar-refractivity contribution < 1.29 is 79.2 Å². The maximum absolute atomic E-state index is 13.3. The fourth-order valence-corrected chi connectivity index (χ4v) is 5.76. The van der Waals surface area contributed by atoms with Crippen molar-refractivity contribution >= 4 is 31.6 Å². The summed E-state index contributed by atoms with van der Waals surface area (Å²) in [7, 11) is -8.19. The molecule has 32 heavy (non-hydrogen) atoms. The van der Waals surface area contributed by atoms with E-state index in [4.69, 9.17) is 4.74 Å².